The van der Waals surface area contributed by atoms with Gasteiger partial charge >= 0.3 is 0 Å². The molecule has 0 spiro atoms. The van der Waals surface area contributed by atoms with Gasteiger partial charge in [-0.2, -0.15) is 0 Å². The lowest BCUT2D eigenvalue weighted by molar-refractivity contribution is 0.102. The molecule has 0 aliphatic heterocycles. The number of amides is 1. The van der Waals surface area contributed by atoms with Crippen molar-refractivity contribution in [2.24, 2.45) is 0 Å². The van der Waals surface area contributed by atoms with Crippen LogP contribution in [0.1, 0.15) is 10.4 Å². The van der Waals surface area contributed by atoms with Crippen LogP contribution in [-0.4, -0.2) is 10.9 Å². The lowest BCUT2D eigenvalue weighted by Gasteiger charge is -2.07. The molecule has 0 aliphatic carbocycles. The predicted octanol–water partition coefficient (Wildman–Crippen LogP) is 4.06. The standard InChI is InChI=1S/C12H5Cl2F3N2O/c13-7-1-5(4-18-11(7)14)12(20)19-9-3-6(15)2-8(16)10(9)17/h1-4H,(H,19,20). The van der Waals surface area contributed by atoms with E-state index in [-0.39, 0.29) is 15.7 Å². The van der Waals surface area contributed by atoms with Gasteiger partial charge in [-0.15, -0.1) is 0 Å². The number of nitrogens with one attached hydrogen (secondary N) is 1. The van der Waals surface area contributed by atoms with Gasteiger partial charge in [-0.1, -0.05) is 23.2 Å². The van der Waals surface area contributed by atoms with E-state index in [1.165, 1.54) is 6.07 Å². The van der Waals surface area contributed by atoms with Crippen molar-refractivity contribution in [3.05, 3.63) is 57.6 Å². The Labute approximate surface area is 121 Å². The largest absolute Gasteiger partial charge is 0.319 e. The fourth-order valence-corrected chi connectivity index (χ4v) is 1.66. The molecule has 0 radical (unpaired) electrons. The number of carbonyl (C=O) groups excluding carboxylic acids is 1. The maximum Gasteiger partial charge on any atom is 0.257 e. The molecule has 0 saturated carbocycles. The van der Waals surface area contributed by atoms with Crippen molar-refractivity contribution in [3.63, 3.8) is 0 Å². The molecule has 1 aromatic heterocycles. The number of nitrogens with zero attached hydrogens (tertiary/aromatic N) is 1. The van der Waals surface area contributed by atoms with Crippen LogP contribution >= 0.6 is 23.2 Å². The molecule has 104 valence electrons. The first-order valence-corrected chi connectivity index (χ1v) is 5.91. The van der Waals surface area contributed by atoms with Gasteiger partial charge < -0.3 is 5.32 Å². The van der Waals surface area contributed by atoms with Gasteiger partial charge in [0.15, 0.2) is 11.6 Å². The summed E-state index contributed by atoms with van der Waals surface area (Å²) >= 11 is 11.3. The quantitative estimate of drug-likeness (QED) is 0.669. The molecule has 0 fully saturated rings. The molecule has 0 bridgehead atoms. The van der Waals surface area contributed by atoms with Crippen LogP contribution < -0.4 is 5.32 Å². The summed E-state index contributed by atoms with van der Waals surface area (Å²) in [6.07, 6.45) is 1.09. The number of benzene rings is 1. The van der Waals surface area contributed by atoms with Crippen LogP contribution in [0.4, 0.5) is 18.9 Å². The predicted molar refractivity (Wildman–Crippen MR) is 68.5 cm³/mol. The third-order valence-corrected chi connectivity index (χ3v) is 2.99. The lowest BCUT2D eigenvalue weighted by atomic mass is 10.2. The Balaban J connectivity index is 2.30. The molecule has 1 aromatic carbocycles. The molecule has 2 rings (SSSR count). The SMILES string of the molecule is O=C(Nc1cc(F)cc(F)c1F)c1cnc(Cl)c(Cl)c1. The van der Waals surface area contributed by atoms with Gasteiger partial charge in [0, 0.05) is 18.3 Å². The number of anilines is 1. The van der Waals surface area contributed by atoms with Crippen LogP contribution in [0.5, 0.6) is 0 Å². The molecular weight excluding hydrogens is 316 g/mol. The molecule has 0 saturated heterocycles. The minimum absolute atomic E-state index is 0.00815. The van der Waals surface area contributed by atoms with Crippen molar-refractivity contribution in [2.75, 3.05) is 5.32 Å². The number of hydrogen-bond donors (Lipinski definition) is 1. The number of hydrogen-bond acceptors (Lipinski definition) is 2. The number of rotatable bonds is 2. The van der Waals surface area contributed by atoms with Gasteiger partial charge in [-0.05, 0) is 6.07 Å². The van der Waals surface area contributed by atoms with Crippen LogP contribution in [0.25, 0.3) is 0 Å². The monoisotopic (exact) mass is 320 g/mol. The van der Waals surface area contributed by atoms with E-state index in [4.69, 9.17) is 23.2 Å². The first-order valence-electron chi connectivity index (χ1n) is 5.15. The topological polar surface area (TPSA) is 42.0 Å². The second kappa shape index (κ2) is 5.68. The van der Waals surface area contributed by atoms with E-state index in [1.807, 2.05) is 5.32 Å². The highest BCUT2D eigenvalue weighted by Crippen LogP contribution is 2.22. The van der Waals surface area contributed by atoms with Crippen molar-refractivity contribution in [3.8, 4) is 0 Å². The van der Waals surface area contributed by atoms with E-state index in [9.17, 15) is 18.0 Å². The van der Waals surface area contributed by atoms with Crippen LogP contribution in [-0.2, 0) is 0 Å². The van der Waals surface area contributed by atoms with Gasteiger partial charge in [0.1, 0.15) is 11.0 Å². The number of aromatic nitrogens is 1. The minimum Gasteiger partial charge on any atom is -0.319 e. The van der Waals surface area contributed by atoms with Crippen molar-refractivity contribution < 1.29 is 18.0 Å². The molecule has 20 heavy (non-hydrogen) atoms. The Bertz CT molecular complexity index is 695. The zero-order valence-electron chi connectivity index (χ0n) is 9.55. The smallest absolute Gasteiger partial charge is 0.257 e. The third-order valence-electron chi connectivity index (χ3n) is 2.30. The lowest BCUT2D eigenvalue weighted by Crippen LogP contribution is -2.14. The first-order chi connectivity index (χ1) is 9.38. The van der Waals surface area contributed by atoms with Crippen molar-refractivity contribution in [2.45, 2.75) is 0 Å². The maximum absolute atomic E-state index is 13.4. The number of pyridine rings is 1. The summed E-state index contributed by atoms with van der Waals surface area (Å²) in [5.74, 6) is -4.63. The molecule has 0 atom stereocenters. The summed E-state index contributed by atoms with van der Waals surface area (Å²) in [6.45, 7) is 0. The average Bonchev–Trinajstić information content (AvgIpc) is 2.38. The average molecular weight is 321 g/mol. The van der Waals surface area contributed by atoms with E-state index in [0.717, 1.165) is 6.20 Å². The molecule has 1 amide bonds. The number of halogens is 5. The third kappa shape index (κ3) is 3.02. The molecule has 0 unspecified atom stereocenters. The molecule has 0 aliphatic rings. The first kappa shape index (κ1) is 14.6. The van der Waals surface area contributed by atoms with Gasteiger partial charge in [0.05, 0.1) is 16.3 Å². The summed E-state index contributed by atoms with van der Waals surface area (Å²) < 4.78 is 39.3. The maximum atomic E-state index is 13.4. The number of carbonyl (C=O) groups is 1. The highest BCUT2D eigenvalue weighted by molar-refractivity contribution is 6.41. The van der Waals surface area contributed by atoms with Crippen LogP contribution in [0.2, 0.25) is 10.2 Å². The summed E-state index contributed by atoms with van der Waals surface area (Å²) in [4.78, 5) is 15.4. The summed E-state index contributed by atoms with van der Waals surface area (Å²) in [6, 6.07) is 2.22. The van der Waals surface area contributed by atoms with E-state index < -0.39 is 29.0 Å². The molecule has 2 aromatic rings. The van der Waals surface area contributed by atoms with E-state index in [1.54, 1.807) is 0 Å². The Kier molecular flexibility index (Phi) is 4.15. The Morgan fingerprint density at radius 2 is 1.85 bits per heavy atom. The van der Waals surface area contributed by atoms with Gasteiger partial charge in [-0.3, -0.25) is 4.79 Å². The second-order valence-corrected chi connectivity index (χ2v) is 4.47. The normalized spacial score (nSPS) is 10.4. The zero-order valence-corrected chi connectivity index (χ0v) is 11.1. The highest BCUT2D eigenvalue weighted by Gasteiger charge is 2.15. The van der Waals surface area contributed by atoms with Crippen molar-refractivity contribution >= 4 is 34.8 Å². The fourth-order valence-electron chi connectivity index (χ4n) is 1.39. The van der Waals surface area contributed by atoms with Crippen molar-refractivity contribution in [1.29, 1.82) is 0 Å². The van der Waals surface area contributed by atoms with Crippen molar-refractivity contribution in [1.82, 2.24) is 4.98 Å². The molecule has 3 nitrogen and oxygen atoms in total. The highest BCUT2D eigenvalue weighted by atomic mass is 35.5. The molecular formula is C12H5Cl2F3N2O. The van der Waals surface area contributed by atoms with E-state index in [0.29, 0.717) is 12.1 Å². The zero-order chi connectivity index (χ0) is 14.9. The molecule has 8 heteroatoms. The Morgan fingerprint density at radius 1 is 1.15 bits per heavy atom. The fraction of sp³-hybridized carbons (Fsp3) is 0. The summed E-state index contributed by atoms with van der Waals surface area (Å²) in [5.41, 5.74) is -0.665. The minimum atomic E-state index is -1.41. The Hall–Kier alpha value is -1.79. The van der Waals surface area contributed by atoms with Gasteiger partial charge in [0.25, 0.3) is 5.91 Å². The van der Waals surface area contributed by atoms with E-state index in [2.05, 4.69) is 4.98 Å². The van der Waals surface area contributed by atoms with E-state index >= 15 is 0 Å². The van der Waals surface area contributed by atoms with Crippen LogP contribution in [0.15, 0.2) is 24.4 Å². The van der Waals surface area contributed by atoms with Gasteiger partial charge in [-0.25, -0.2) is 18.2 Å². The van der Waals surface area contributed by atoms with Gasteiger partial charge in [0.2, 0.25) is 0 Å². The van der Waals surface area contributed by atoms with Crippen LogP contribution in [0, 0.1) is 17.5 Å². The molecule has 1 heterocycles. The Morgan fingerprint density at radius 3 is 2.50 bits per heavy atom. The second-order valence-electron chi connectivity index (χ2n) is 3.70. The summed E-state index contributed by atoms with van der Waals surface area (Å²) in [5, 5.41) is 2.03. The molecule has 1 N–H and O–H groups in total. The van der Waals surface area contributed by atoms with Crippen LogP contribution in [0.3, 0.4) is 0 Å². The summed E-state index contributed by atoms with van der Waals surface area (Å²) in [7, 11) is 0.